The Hall–Kier alpha value is -3.16. The zero-order valence-electron chi connectivity index (χ0n) is 21.0. The number of hydrogen-bond donors (Lipinski definition) is 1. The quantitative estimate of drug-likeness (QED) is 0.472. The second-order valence-electron chi connectivity index (χ2n) is 8.14. The van der Waals surface area contributed by atoms with Crippen LogP contribution in [0, 0.1) is 13.8 Å². The Labute approximate surface area is 222 Å². The fraction of sp³-hybridized carbons (Fsp3) is 0.360. The molecule has 190 valence electrons. The summed E-state index contributed by atoms with van der Waals surface area (Å²) >= 11 is 0. The van der Waals surface area contributed by atoms with Crippen LogP contribution in [0.25, 0.3) is 0 Å². The molecule has 2 aromatic carbocycles. The minimum absolute atomic E-state index is 0. The van der Waals surface area contributed by atoms with Crippen molar-refractivity contribution in [1.82, 2.24) is 0 Å². The zero-order valence-corrected chi connectivity index (χ0v) is 21.0. The number of carboxylic acid groups (broad SMARTS) is 1. The van der Waals surface area contributed by atoms with E-state index in [0.29, 0.717) is 42.9 Å². The van der Waals surface area contributed by atoms with Gasteiger partial charge in [0.2, 0.25) is 11.8 Å². The van der Waals surface area contributed by atoms with Gasteiger partial charge < -0.3 is 30.6 Å². The molecule has 2 fully saturated rings. The van der Waals surface area contributed by atoms with Gasteiger partial charge in [-0.15, -0.1) is 0 Å². The molecular weight excluding hydrogens is 463 g/mol. The van der Waals surface area contributed by atoms with Crippen molar-refractivity contribution in [1.29, 1.82) is 0 Å². The van der Waals surface area contributed by atoms with Crippen LogP contribution in [0.1, 0.15) is 57.5 Å². The van der Waals surface area contributed by atoms with E-state index in [-0.39, 0.29) is 47.2 Å². The monoisotopic (exact) mass is 493 g/mol. The molecule has 0 aromatic heterocycles. The third-order valence-electron chi connectivity index (χ3n) is 5.67. The van der Waals surface area contributed by atoms with Crippen molar-refractivity contribution < 1.29 is 58.8 Å². The van der Waals surface area contributed by atoms with E-state index in [2.05, 4.69) is 0 Å². The molecule has 2 aliphatic heterocycles. The predicted octanol–water partition coefficient (Wildman–Crippen LogP) is 0.379. The molecule has 0 atom stereocenters. The number of carbonyl (C=O) groups is 4. The van der Waals surface area contributed by atoms with Gasteiger partial charge in [0.1, 0.15) is 0 Å². The van der Waals surface area contributed by atoms with Crippen molar-refractivity contribution in [3.05, 3.63) is 58.7 Å². The number of aryl methyl sites for hydroxylation is 2. The summed E-state index contributed by atoms with van der Waals surface area (Å²) in [5.41, 5.74) is 3.69. The van der Waals surface area contributed by atoms with Crippen LogP contribution in [-0.2, 0) is 14.3 Å². The molecule has 2 aromatic rings. The van der Waals surface area contributed by atoms with Crippen LogP contribution >= 0.6 is 0 Å². The smallest absolute Gasteiger partial charge is 0.870 e. The number of aromatic carboxylic acids is 1. The number of rotatable bonds is 4. The fourth-order valence-electron chi connectivity index (χ4n) is 4.02. The van der Waals surface area contributed by atoms with E-state index < -0.39 is 11.9 Å². The fourth-order valence-corrected chi connectivity index (χ4v) is 4.02. The van der Waals surface area contributed by atoms with Crippen molar-refractivity contribution in [2.45, 2.75) is 39.5 Å². The molecule has 11 heteroatoms. The Balaban J connectivity index is 0.000000629. The maximum atomic E-state index is 11.7. The van der Waals surface area contributed by atoms with Crippen molar-refractivity contribution >= 4 is 35.1 Å². The molecule has 0 aliphatic carbocycles. The standard InChI is InChI=1S/C13H15NO3.C12H13NO3.Li.2H2O/c1-9-5-6-11(10(8-9)13(16)17-2)14-7-3-4-12(14)15;1-8-4-5-10(9(7-8)12(15)16)13-6-2-3-11(13)14;;;/h5-6,8H,3-4,7H2,1-2H3;4-5,7H,2-3,6H2,1H3,(H,15,16);;2*1H2/q;;+1;;/p-2. The van der Waals surface area contributed by atoms with Crippen LogP contribution in [0.15, 0.2) is 36.4 Å². The van der Waals surface area contributed by atoms with Crippen molar-refractivity contribution in [3.63, 3.8) is 0 Å². The minimum atomic E-state index is -0.988. The predicted molar refractivity (Wildman–Crippen MR) is 128 cm³/mol. The van der Waals surface area contributed by atoms with E-state index in [1.54, 1.807) is 28.0 Å². The molecule has 4 rings (SSSR count). The van der Waals surface area contributed by atoms with Gasteiger partial charge in [0, 0.05) is 25.9 Å². The third kappa shape index (κ3) is 7.42. The Morgan fingerprint density at radius 1 is 0.806 bits per heavy atom. The second kappa shape index (κ2) is 14.4. The number of nitrogens with zero attached hydrogens (tertiary/aromatic N) is 2. The number of carboxylic acids is 1. The molecular formula is C25H30LiN2O8-. The molecule has 0 radical (unpaired) electrons. The van der Waals surface area contributed by atoms with Gasteiger partial charge >= 0.3 is 30.8 Å². The van der Waals surface area contributed by atoms with Gasteiger partial charge in [-0.1, -0.05) is 23.3 Å². The summed E-state index contributed by atoms with van der Waals surface area (Å²) in [6, 6.07) is 10.6. The minimum Gasteiger partial charge on any atom is -0.870 e. The molecule has 0 spiro atoms. The SMILES string of the molecule is COC(=O)c1cc(C)ccc1N1CCCC1=O.Cc1ccc(N2CCCC2=O)c(C(=O)O)c1.[Li+].[OH-].[OH-]. The van der Waals surface area contributed by atoms with Gasteiger partial charge in [-0.25, -0.2) is 9.59 Å². The molecule has 2 saturated heterocycles. The van der Waals surface area contributed by atoms with Crippen LogP contribution in [0.2, 0.25) is 0 Å². The maximum Gasteiger partial charge on any atom is 1.00 e. The average molecular weight is 493 g/mol. The van der Waals surface area contributed by atoms with Gasteiger partial charge in [-0.05, 0) is 51.0 Å². The van der Waals surface area contributed by atoms with Gasteiger partial charge in [0.05, 0.1) is 29.6 Å². The van der Waals surface area contributed by atoms with E-state index >= 15 is 0 Å². The summed E-state index contributed by atoms with van der Waals surface area (Å²) in [6.07, 6.45) is 2.69. The van der Waals surface area contributed by atoms with Gasteiger partial charge in [-0.3, -0.25) is 9.59 Å². The van der Waals surface area contributed by atoms with Gasteiger partial charge in [0.15, 0.2) is 0 Å². The number of anilines is 2. The van der Waals surface area contributed by atoms with Crippen molar-refractivity contribution in [2.75, 3.05) is 30.0 Å². The number of ether oxygens (including phenoxy) is 1. The summed E-state index contributed by atoms with van der Waals surface area (Å²) in [6.45, 7) is 5.03. The number of amides is 2. The van der Waals surface area contributed by atoms with Gasteiger partial charge in [0.25, 0.3) is 0 Å². The molecule has 2 heterocycles. The maximum absolute atomic E-state index is 11.7. The molecule has 0 saturated carbocycles. The van der Waals surface area contributed by atoms with E-state index in [1.807, 2.05) is 32.0 Å². The number of esters is 1. The average Bonchev–Trinajstić information content (AvgIpc) is 3.41. The third-order valence-corrected chi connectivity index (χ3v) is 5.67. The first-order valence-corrected chi connectivity index (χ1v) is 10.9. The zero-order chi connectivity index (χ0) is 24.1. The van der Waals surface area contributed by atoms with Crippen LogP contribution in [0.4, 0.5) is 11.4 Å². The first-order chi connectivity index (χ1) is 15.7. The Bertz CT molecular complexity index is 1110. The van der Waals surface area contributed by atoms with Crippen LogP contribution in [-0.4, -0.2) is 60.0 Å². The van der Waals surface area contributed by atoms with E-state index in [1.165, 1.54) is 7.11 Å². The normalized spacial score (nSPS) is 14.1. The number of carbonyl (C=O) groups excluding carboxylic acids is 3. The first-order valence-electron chi connectivity index (χ1n) is 10.9. The number of methoxy groups -OCH3 is 1. The molecule has 0 unspecified atom stereocenters. The van der Waals surface area contributed by atoms with E-state index in [0.717, 1.165) is 24.0 Å². The molecule has 36 heavy (non-hydrogen) atoms. The van der Waals surface area contributed by atoms with Crippen molar-refractivity contribution in [2.24, 2.45) is 0 Å². The van der Waals surface area contributed by atoms with E-state index in [9.17, 15) is 19.2 Å². The molecule has 3 N–H and O–H groups in total. The van der Waals surface area contributed by atoms with Crippen LogP contribution in [0.5, 0.6) is 0 Å². The van der Waals surface area contributed by atoms with Crippen LogP contribution in [0.3, 0.4) is 0 Å². The summed E-state index contributed by atoms with van der Waals surface area (Å²) in [5.74, 6) is -1.31. The Kier molecular flexibility index (Phi) is 13.1. The van der Waals surface area contributed by atoms with E-state index in [4.69, 9.17) is 9.84 Å². The summed E-state index contributed by atoms with van der Waals surface area (Å²) in [5, 5.41) is 9.10. The largest absolute Gasteiger partial charge is 1.00 e. The summed E-state index contributed by atoms with van der Waals surface area (Å²) < 4.78 is 4.75. The molecule has 2 aliphatic rings. The van der Waals surface area contributed by atoms with Gasteiger partial charge in [-0.2, -0.15) is 0 Å². The second-order valence-corrected chi connectivity index (χ2v) is 8.14. The summed E-state index contributed by atoms with van der Waals surface area (Å²) in [4.78, 5) is 49.3. The Morgan fingerprint density at radius 3 is 1.58 bits per heavy atom. The molecule has 10 nitrogen and oxygen atoms in total. The summed E-state index contributed by atoms with van der Waals surface area (Å²) in [7, 11) is 1.35. The first kappa shape index (κ1) is 32.8. The number of benzene rings is 2. The van der Waals surface area contributed by atoms with Crippen LogP contribution < -0.4 is 28.7 Å². The topological polar surface area (TPSA) is 164 Å². The Morgan fingerprint density at radius 2 is 1.22 bits per heavy atom. The van der Waals surface area contributed by atoms with Crippen molar-refractivity contribution in [3.8, 4) is 0 Å². The number of hydrogen-bond acceptors (Lipinski definition) is 7. The molecule has 2 amide bonds. The molecule has 0 bridgehead atoms.